The van der Waals surface area contributed by atoms with E-state index in [2.05, 4.69) is 24.1 Å². The van der Waals surface area contributed by atoms with Gasteiger partial charge in [-0.2, -0.15) is 0 Å². The average molecular weight is 268 g/mol. The highest BCUT2D eigenvalue weighted by atomic mass is 35.5. The third kappa shape index (κ3) is 2.43. The smallest absolute Gasteiger partial charge is 0.255 e. The molecule has 1 amide bonds. The number of carbonyl (C=O) groups excluding carboxylic acids is 1. The van der Waals surface area contributed by atoms with Crippen molar-refractivity contribution in [3.63, 3.8) is 0 Å². The van der Waals surface area contributed by atoms with Crippen LogP contribution < -0.4 is 5.32 Å². The lowest BCUT2D eigenvalue weighted by Gasteiger charge is -2.22. The highest BCUT2D eigenvalue weighted by Gasteiger charge is 2.31. The number of hydrogen-bond acceptors (Lipinski definition) is 3. The lowest BCUT2D eigenvalue weighted by atomic mass is 10.1. The molecule has 0 bridgehead atoms. The summed E-state index contributed by atoms with van der Waals surface area (Å²) in [5.74, 6) is 1.20. The molecule has 2 heterocycles. The molecule has 1 aromatic rings. The maximum Gasteiger partial charge on any atom is 0.255 e. The summed E-state index contributed by atoms with van der Waals surface area (Å²) in [6, 6.07) is 1.98. The van der Waals surface area contributed by atoms with Gasteiger partial charge in [0.05, 0.1) is 10.6 Å². The van der Waals surface area contributed by atoms with Gasteiger partial charge >= 0.3 is 0 Å². The lowest BCUT2D eigenvalue weighted by molar-refractivity contribution is 0.0744. The molecule has 1 fully saturated rings. The average Bonchev–Trinajstić information content (AvgIpc) is 2.68. The van der Waals surface area contributed by atoms with Crippen LogP contribution in [0.25, 0.3) is 0 Å². The number of carbonyl (C=O) groups is 1. The molecule has 1 aromatic heterocycles. The van der Waals surface area contributed by atoms with Crippen LogP contribution in [0.2, 0.25) is 5.02 Å². The van der Waals surface area contributed by atoms with Crippen LogP contribution in [0.15, 0.2) is 12.3 Å². The number of pyridine rings is 1. The van der Waals surface area contributed by atoms with E-state index in [0.717, 1.165) is 13.0 Å². The van der Waals surface area contributed by atoms with E-state index >= 15 is 0 Å². The van der Waals surface area contributed by atoms with Crippen LogP contribution >= 0.6 is 11.6 Å². The molecule has 1 aliphatic heterocycles. The second-order valence-electron chi connectivity index (χ2n) is 4.95. The standard InChI is InChI=1S/C13H18ClN3O/c1-8-4-9(2)17(7-8)13(18)10-5-12(15-3)16-6-11(10)14/h5-6,8-9H,4,7H2,1-3H3,(H,15,16). The summed E-state index contributed by atoms with van der Waals surface area (Å²) >= 11 is 6.07. The van der Waals surface area contributed by atoms with Crippen LogP contribution in [0.4, 0.5) is 5.82 Å². The van der Waals surface area contributed by atoms with Crippen LogP contribution in [0.5, 0.6) is 0 Å². The van der Waals surface area contributed by atoms with E-state index in [0.29, 0.717) is 22.3 Å². The number of aromatic nitrogens is 1. The van der Waals surface area contributed by atoms with Crippen molar-refractivity contribution in [2.75, 3.05) is 18.9 Å². The fourth-order valence-corrected chi connectivity index (χ4v) is 2.66. The first kappa shape index (κ1) is 13.1. The number of halogens is 1. The molecule has 2 unspecified atom stereocenters. The Labute approximate surface area is 112 Å². The largest absolute Gasteiger partial charge is 0.373 e. The van der Waals surface area contributed by atoms with Crippen LogP contribution in [-0.4, -0.2) is 35.4 Å². The fourth-order valence-electron chi connectivity index (χ4n) is 2.48. The Hall–Kier alpha value is -1.29. The number of likely N-dealkylation sites (tertiary alicyclic amines) is 1. The van der Waals surface area contributed by atoms with Crippen molar-refractivity contribution < 1.29 is 4.79 Å². The van der Waals surface area contributed by atoms with Crippen LogP contribution in [0.1, 0.15) is 30.6 Å². The fraction of sp³-hybridized carbons (Fsp3) is 0.538. The van der Waals surface area contributed by atoms with Gasteiger partial charge in [0.1, 0.15) is 5.82 Å². The molecule has 5 heteroatoms. The minimum atomic E-state index is -0.00394. The SMILES string of the molecule is CNc1cc(C(=O)N2CC(C)CC2C)c(Cl)cn1. The van der Waals surface area contributed by atoms with Crippen LogP contribution in [0.3, 0.4) is 0 Å². The van der Waals surface area contributed by atoms with Crippen molar-refractivity contribution in [1.29, 1.82) is 0 Å². The molecule has 0 spiro atoms. The molecule has 2 atom stereocenters. The summed E-state index contributed by atoms with van der Waals surface area (Å²) in [5, 5.41) is 3.33. The molecule has 0 radical (unpaired) electrons. The Morgan fingerprint density at radius 1 is 1.56 bits per heavy atom. The van der Waals surface area contributed by atoms with Gasteiger partial charge in [0.2, 0.25) is 0 Å². The predicted octanol–water partition coefficient (Wildman–Crippen LogP) is 2.65. The Kier molecular flexibility index (Phi) is 3.76. The summed E-state index contributed by atoms with van der Waals surface area (Å²) in [7, 11) is 1.77. The summed E-state index contributed by atoms with van der Waals surface area (Å²) in [6.45, 7) is 5.04. The molecular weight excluding hydrogens is 250 g/mol. The molecule has 1 saturated heterocycles. The lowest BCUT2D eigenvalue weighted by Crippen LogP contribution is -2.34. The Bertz CT molecular complexity index is 464. The quantitative estimate of drug-likeness (QED) is 0.896. The van der Waals surface area contributed by atoms with Gasteiger partial charge in [0, 0.05) is 25.8 Å². The van der Waals surface area contributed by atoms with Gasteiger partial charge in [-0.1, -0.05) is 18.5 Å². The molecule has 0 aliphatic carbocycles. The summed E-state index contributed by atoms with van der Waals surface area (Å²) < 4.78 is 0. The molecule has 0 aromatic carbocycles. The summed E-state index contributed by atoms with van der Waals surface area (Å²) in [4.78, 5) is 18.5. The Morgan fingerprint density at radius 2 is 2.28 bits per heavy atom. The minimum Gasteiger partial charge on any atom is -0.373 e. The predicted molar refractivity (Wildman–Crippen MR) is 73.1 cm³/mol. The Morgan fingerprint density at radius 3 is 2.83 bits per heavy atom. The van der Waals surface area contributed by atoms with E-state index in [4.69, 9.17) is 11.6 Å². The highest BCUT2D eigenvalue weighted by molar-refractivity contribution is 6.33. The van der Waals surface area contributed by atoms with Gasteiger partial charge in [-0.3, -0.25) is 4.79 Å². The number of anilines is 1. The number of nitrogens with zero attached hydrogens (tertiary/aromatic N) is 2. The maximum atomic E-state index is 12.5. The summed E-state index contributed by atoms with van der Waals surface area (Å²) in [5.41, 5.74) is 0.525. The molecule has 98 valence electrons. The maximum absolute atomic E-state index is 12.5. The summed E-state index contributed by atoms with van der Waals surface area (Å²) in [6.07, 6.45) is 2.57. The van der Waals surface area contributed by atoms with Gasteiger partial charge in [-0.25, -0.2) is 4.98 Å². The normalized spacial score (nSPS) is 23.2. The van der Waals surface area contributed by atoms with Gasteiger partial charge in [0.15, 0.2) is 0 Å². The van der Waals surface area contributed by atoms with Gasteiger partial charge in [0.25, 0.3) is 5.91 Å². The van der Waals surface area contributed by atoms with Gasteiger partial charge in [-0.05, 0) is 25.3 Å². The molecule has 18 heavy (non-hydrogen) atoms. The van der Waals surface area contributed by atoms with Crippen molar-refractivity contribution >= 4 is 23.3 Å². The zero-order chi connectivity index (χ0) is 13.3. The third-order valence-corrected chi connectivity index (χ3v) is 3.69. The zero-order valence-electron chi connectivity index (χ0n) is 10.9. The second-order valence-corrected chi connectivity index (χ2v) is 5.35. The van der Waals surface area contributed by atoms with Crippen LogP contribution in [0, 0.1) is 5.92 Å². The van der Waals surface area contributed by atoms with Crippen molar-refractivity contribution in [3.05, 3.63) is 22.8 Å². The number of nitrogens with one attached hydrogen (secondary N) is 1. The molecule has 4 nitrogen and oxygen atoms in total. The first-order valence-corrected chi connectivity index (χ1v) is 6.55. The topological polar surface area (TPSA) is 45.2 Å². The van der Waals surface area contributed by atoms with E-state index in [9.17, 15) is 4.79 Å². The van der Waals surface area contributed by atoms with E-state index < -0.39 is 0 Å². The third-order valence-electron chi connectivity index (χ3n) is 3.39. The second kappa shape index (κ2) is 5.14. The molecular formula is C13H18ClN3O. The Balaban J connectivity index is 2.28. The van der Waals surface area contributed by atoms with Crippen molar-refractivity contribution in [1.82, 2.24) is 9.88 Å². The molecule has 1 N–H and O–H groups in total. The van der Waals surface area contributed by atoms with E-state index in [1.54, 1.807) is 13.1 Å². The number of rotatable bonds is 2. The van der Waals surface area contributed by atoms with Crippen LogP contribution in [-0.2, 0) is 0 Å². The van der Waals surface area contributed by atoms with Gasteiger partial charge in [-0.15, -0.1) is 0 Å². The zero-order valence-corrected chi connectivity index (χ0v) is 11.7. The van der Waals surface area contributed by atoms with E-state index in [-0.39, 0.29) is 11.9 Å². The monoisotopic (exact) mass is 267 g/mol. The molecule has 0 saturated carbocycles. The highest BCUT2D eigenvalue weighted by Crippen LogP contribution is 2.27. The molecule has 2 rings (SSSR count). The molecule has 1 aliphatic rings. The first-order valence-electron chi connectivity index (χ1n) is 6.17. The van der Waals surface area contributed by atoms with Gasteiger partial charge < -0.3 is 10.2 Å². The minimum absolute atomic E-state index is 0.00394. The first-order chi connectivity index (χ1) is 8.52. The number of amides is 1. The van der Waals surface area contributed by atoms with Crippen molar-refractivity contribution in [2.24, 2.45) is 5.92 Å². The van der Waals surface area contributed by atoms with E-state index in [1.165, 1.54) is 6.20 Å². The van der Waals surface area contributed by atoms with Crippen molar-refractivity contribution in [3.8, 4) is 0 Å². The van der Waals surface area contributed by atoms with E-state index in [1.807, 2.05) is 4.90 Å². The van der Waals surface area contributed by atoms with Crippen molar-refractivity contribution in [2.45, 2.75) is 26.3 Å². The number of hydrogen-bond donors (Lipinski definition) is 1.